The van der Waals surface area contributed by atoms with E-state index >= 15 is 0 Å². The molecule has 2 heterocycles. The number of rotatable bonds is 1. The van der Waals surface area contributed by atoms with Crippen molar-refractivity contribution >= 4 is 17.5 Å². The van der Waals surface area contributed by atoms with Gasteiger partial charge in [-0.2, -0.15) is 13.2 Å². The van der Waals surface area contributed by atoms with Crippen LogP contribution in [0.5, 0.6) is 0 Å². The minimum absolute atomic E-state index is 0.0728. The lowest BCUT2D eigenvalue weighted by atomic mass is 9.97. The Labute approximate surface area is 119 Å². The van der Waals surface area contributed by atoms with Gasteiger partial charge >= 0.3 is 6.18 Å². The molecule has 2 rings (SSSR count). The molecule has 1 aliphatic heterocycles. The van der Waals surface area contributed by atoms with E-state index in [1.54, 1.807) is 6.92 Å². The third kappa shape index (κ3) is 3.42. The van der Waals surface area contributed by atoms with Crippen molar-refractivity contribution in [2.45, 2.75) is 25.9 Å². The highest BCUT2D eigenvalue weighted by molar-refractivity contribution is 6.29. The van der Waals surface area contributed by atoms with Gasteiger partial charge in [-0.1, -0.05) is 11.6 Å². The van der Waals surface area contributed by atoms with Gasteiger partial charge in [-0.3, -0.25) is 4.79 Å². The number of aryl methyl sites for hydroxylation is 1. The van der Waals surface area contributed by atoms with Gasteiger partial charge in [0.15, 0.2) is 0 Å². The summed E-state index contributed by atoms with van der Waals surface area (Å²) in [5, 5.41) is 0.165. The lowest BCUT2D eigenvalue weighted by Crippen LogP contribution is -2.44. The Hall–Kier alpha value is -1.30. The van der Waals surface area contributed by atoms with Crippen LogP contribution >= 0.6 is 11.6 Å². The van der Waals surface area contributed by atoms with Crippen molar-refractivity contribution in [3.63, 3.8) is 0 Å². The number of alkyl halides is 3. The van der Waals surface area contributed by atoms with Crippen LogP contribution in [0.2, 0.25) is 5.15 Å². The fourth-order valence-corrected chi connectivity index (χ4v) is 2.61. The monoisotopic (exact) mass is 306 g/mol. The van der Waals surface area contributed by atoms with Gasteiger partial charge in [0.2, 0.25) is 0 Å². The molecule has 0 aromatic carbocycles. The molecule has 0 N–H and O–H groups in total. The Morgan fingerprint density at radius 3 is 2.75 bits per heavy atom. The van der Waals surface area contributed by atoms with Gasteiger partial charge < -0.3 is 4.90 Å². The normalized spacial score (nSPS) is 20.1. The molecule has 110 valence electrons. The molecule has 1 aromatic rings. The second kappa shape index (κ2) is 5.60. The topological polar surface area (TPSA) is 33.2 Å². The quantitative estimate of drug-likeness (QED) is 0.745. The smallest absolute Gasteiger partial charge is 0.338 e. The van der Waals surface area contributed by atoms with Crippen LogP contribution in [0.25, 0.3) is 0 Å². The van der Waals surface area contributed by atoms with E-state index in [0.717, 1.165) is 0 Å². The number of carbonyl (C=O) groups excluding carboxylic acids is 1. The van der Waals surface area contributed by atoms with Crippen LogP contribution in [0.4, 0.5) is 13.2 Å². The van der Waals surface area contributed by atoms with Crippen LogP contribution in [-0.4, -0.2) is 35.1 Å². The summed E-state index contributed by atoms with van der Waals surface area (Å²) in [6, 6.07) is 2.92. The fraction of sp³-hybridized carbons (Fsp3) is 0.538. The molecule has 0 radical (unpaired) electrons. The Balaban J connectivity index is 2.16. The number of hydrogen-bond donors (Lipinski definition) is 0. The van der Waals surface area contributed by atoms with Crippen molar-refractivity contribution in [3.05, 3.63) is 28.5 Å². The minimum Gasteiger partial charge on any atom is -0.338 e. The molecule has 1 amide bonds. The Bertz CT molecular complexity index is 499. The first kappa shape index (κ1) is 15.1. The molecule has 7 heteroatoms. The summed E-state index contributed by atoms with van der Waals surface area (Å²) in [4.78, 5) is 17.4. The van der Waals surface area contributed by atoms with Gasteiger partial charge in [-0.05, 0) is 31.9 Å². The zero-order chi connectivity index (χ0) is 14.9. The van der Waals surface area contributed by atoms with E-state index in [2.05, 4.69) is 4.98 Å². The van der Waals surface area contributed by atoms with Gasteiger partial charge in [0.25, 0.3) is 5.91 Å². The van der Waals surface area contributed by atoms with E-state index in [9.17, 15) is 18.0 Å². The molecular weight excluding hydrogens is 293 g/mol. The molecule has 0 bridgehead atoms. The first-order chi connectivity index (χ1) is 9.27. The number of piperidine rings is 1. The predicted octanol–water partition coefficient (Wildman–Crippen LogP) is 3.46. The van der Waals surface area contributed by atoms with E-state index in [-0.39, 0.29) is 23.7 Å². The Morgan fingerprint density at radius 1 is 1.45 bits per heavy atom. The van der Waals surface area contributed by atoms with Crippen LogP contribution in [0.1, 0.15) is 28.9 Å². The average Bonchev–Trinajstić information content (AvgIpc) is 2.36. The molecule has 0 saturated carbocycles. The van der Waals surface area contributed by atoms with E-state index < -0.39 is 18.0 Å². The van der Waals surface area contributed by atoms with Crippen LogP contribution in [-0.2, 0) is 0 Å². The molecule has 0 aliphatic carbocycles. The summed E-state index contributed by atoms with van der Waals surface area (Å²) < 4.78 is 38.2. The van der Waals surface area contributed by atoms with Crippen LogP contribution in [0, 0.1) is 12.8 Å². The molecule has 3 nitrogen and oxygen atoms in total. The van der Waals surface area contributed by atoms with Gasteiger partial charge in [-0.25, -0.2) is 4.98 Å². The predicted molar refractivity (Wildman–Crippen MR) is 68.7 cm³/mol. The number of nitrogens with zero attached hydrogens (tertiary/aromatic N) is 2. The minimum atomic E-state index is -4.26. The van der Waals surface area contributed by atoms with Crippen molar-refractivity contribution in [2.24, 2.45) is 5.92 Å². The first-order valence-corrected chi connectivity index (χ1v) is 6.65. The number of amides is 1. The lowest BCUT2D eigenvalue weighted by molar-refractivity contribution is -0.184. The summed E-state index contributed by atoms with van der Waals surface area (Å²) in [5.74, 6) is -1.87. The van der Waals surface area contributed by atoms with E-state index in [4.69, 9.17) is 11.6 Å². The summed E-state index contributed by atoms with van der Waals surface area (Å²) in [7, 11) is 0. The average molecular weight is 307 g/mol. The lowest BCUT2D eigenvalue weighted by Gasteiger charge is -2.33. The Kier molecular flexibility index (Phi) is 4.22. The second-order valence-electron chi connectivity index (χ2n) is 4.95. The fourth-order valence-electron chi connectivity index (χ4n) is 2.36. The van der Waals surface area contributed by atoms with Crippen molar-refractivity contribution in [1.82, 2.24) is 9.88 Å². The van der Waals surface area contributed by atoms with Crippen molar-refractivity contribution in [1.29, 1.82) is 0 Å². The number of halogens is 4. The van der Waals surface area contributed by atoms with Crippen molar-refractivity contribution in [3.8, 4) is 0 Å². The summed E-state index contributed by atoms with van der Waals surface area (Å²) in [6.45, 7) is 1.73. The number of carbonyl (C=O) groups is 1. The summed E-state index contributed by atoms with van der Waals surface area (Å²) >= 11 is 5.77. The highest BCUT2D eigenvalue weighted by Gasteiger charge is 2.42. The Morgan fingerprint density at radius 2 is 2.15 bits per heavy atom. The highest BCUT2D eigenvalue weighted by Crippen LogP contribution is 2.33. The highest BCUT2D eigenvalue weighted by atomic mass is 35.5. The van der Waals surface area contributed by atoms with Gasteiger partial charge in [0.05, 0.1) is 5.92 Å². The largest absolute Gasteiger partial charge is 0.393 e. The molecule has 20 heavy (non-hydrogen) atoms. The summed E-state index contributed by atoms with van der Waals surface area (Å²) in [6.07, 6.45) is -3.83. The zero-order valence-corrected chi connectivity index (χ0v) is 11.6. The number of likely N-dealkylation sites (tertiary alicyclic amines) is 1. The maximum absolute atomic E-state index is 12.7. The zero-order valence-electron chi connectivity index (χ0n) is 10.9. The van der Waals surface area contributed by atoms with Gasteiger partial charge in [-0.15, -0.1) is 0 Å². The van der Waals surface area contributed by atoms with Gasteiger partial charge in [0, 0.05) is 24.3 Å². The number of aromatic nitrogens is 1. The molecule has 0 spiro atoms. The first-order valence-electron chi connectivity index (χ1n) is 6.27. The van der Waals surface area contributed by atoms with Crippen LogP contribution in [0.15, 0.2) is 12.1 Å². The molecule has 1 atom stereocenters. The number of hydrogen-bond acceptors (Lipinski definition) is 2. The second-order valence-corrected chi connectivity index (χ2v) is 5.34. The summed E-state index contributed by atoms with van der Waals surface area (Å²) in [5.41, 5.74) is 0.843. The maximum atomic E-state index is 12.7. The number of pyridine rings is 1. The molecule has 1 fully saturated rings. The third-order valence-electron chi connectivity index (χ3n) is 3.34. The van der Waals surface area contributed by atoms with E-state index in [0.29, 0.717) is 18.7 Å². The van der Waals surface area contributed by atoms with E-state index in [1.807, 2.05) is 0 Å². The third-order valence-corrected chi connectivity index (χ3v) is 3.53. The molecule has 1 saturated heterocycles. The van der Waals surface area contributed by atoms with Gasteiger partial charge in [0.1, 0.15) is 5.15 Å². The van der Waals surface area contributed by atoms with Crippen LogP contribution < -0.4 is 0 Å². The maximum Gasteiger partial charge on any atom is 0.393 e. The van der Waals surface area contributed by atoms with E-state index in [1.165, 1.54) is 17.0 Å². The molecule has 1 unspecified atom stereocenters. The van der Waals surface area contributed by atoms with Crippen LogP contribution in [0.3, 0.4) is 0 Å². The SMILES string of the molecule is Cc1cc(C(=O)N2CCCC(C(F)(F)F)C2)cc(Cl)n1. The molecule has 1 aliphatic rings. The van der Waals surface area contributed by atoms with Crippen molar-refractivity contribution in [2.75, 3.05) is 13.1 Å². The molecule has 1 aromatic heterocycles. The standard InChI is InChI=1S/C13H14ClF3N2O/c1-8-5-9(6-11(14)18-8)12(20)19-4-2-3-10(7-19)13(15,16)17/h5-6,10H,2-4,7H2,1H3. The van der Waals surface area contributed by atoms with Crippen molar-refractivity contribution < 1.29 is 18.0 Å². The molecular formula is C13H14ClF3N2O.